The van der Waals surface area contributed by atoms with Crippen LogP contribution >= 0.6 is 0 Å². The third kappa shape index (κ3) is 13.3. The summed E-state index contributed by atoms with van der Waals surface area (Å²) in [6, 6.07) is 7.39. The van der Waals surface area contributed by atoms with Crippen LogP contribution in [0.25, 0.3) is 5.57 Å². The van der Waals surface area contributed by atoms with E-state index in [0.717, 1.165) is 73.1 Å². The Labute approximate surface area is 257 Å². The van der Waals surface area contributed by atoms with E-state index in [1.165, 1.54) is 18.2 Å². The fraction of sp³-hybridized carbons (Fsp3) is 0.472. The van der Waals surface area contributed by atoms with E-state index in [9.17, 15) is 17.6 Å². The molecule has 0 amide bonds. The molecule has 0 saturated carbocycles. The van der Waals surface area contributed by atoms with Gasteiger partial charge in [-0.1, -0.05) is 87.4 Å². The van der Waals surface area contributed by atoms with E-state index in [2.05, 4.69) is 36.0 Å². The Morgan fingerprint density at radius 2 is 1.74 bits per heavy atom. The van der Waals surface area contributed by atoms with Gasteiger partial charge in [0.2, 0.25) is 0 Å². The van der Waals surface area contributed by atoms with Crippen LogP contribution in [-0.2, 0) is 0 Å². The summed E-state index contributed by atoms with van der Waals surface area (Å²) in [4.78, 5) is 7.02. The maximum atomic E-state index is 14.6. The molecule has 1 aromatic carbocycles. The van der Waals surface area contributed by atoms with Gasteiger partial charge in [0.05, 0.1) is 5.57 Å². The highest BCUT2D eigenvalue weighted by Gasteiger charge is 2.31. The Balaban J connectivity index is 0.000000496. The van der Waals surface area contributed by atoms with E-state index in [0.29, 0.717) is 18.0 Å². The number of halogens is 4. The van der Waals surface area contributed by atoms with Gasteiger partial charge >= 0.3 is 6.18 Å². The summed E-state index contributed by atoms with van der Waals surface area (Å²) in [7, 11) is 0. The van der Waals surface area contributed by atoms with E-state index in [-0.39, 0.29) is 5.82 Å². The minimum atomic E-state index is -4.27. The molecule has 0 spiro atoms. The second-order valence-electron chi connectivity index (χ2n) is 10.6. The van der Waals surface area contributed by atoms with Crippen LogP contribution in [-0.4, -0.2) is 42.5 Å². The number of hydrogen-bond donors (Lipinski definition) is 1. The van der Waals surface area contributed by atoms with Crippen LogP contribution in [0.1, 0.15) is 86.6 Å². The zero-order valence-corrected chi connectivity index (χ0v) is 27.3. The monoisotopic (exact) mass is 601 g/mol. The first-order valence-electron chi connectivity index (χ1n) is 15.3. The van der Waals surface area contributed by atoms with Crippen LogP contribution in [0.15, 0.2) is 94.3 Å². The predicted molar refractivity (Wildman–Crippen MR) is 177 cm³/mol. The highest BCUT2D eigenvalue weighted by molar-refractivity contribution is 6.12. The predicted octanol–water partition coefficient (Wildman–Crippen LogP) is 10.4. The zero-order chi connectivity index (χ0) is 32.4. The van der Waals surface area contributed by atoms with Gasteiger partial charge in [0, 0.05) is 54.4 Å². The standard InChI is InChI=1S/C23H32FN3.C13H19F3/c1-6-8-13-26-18(4)23(19(5)27-15-14-25-17(3)16-27)20(7-2)21-11-9-10-12-22(21)24;1-4-6-7-9-12(13(14,15)16)10-11(3)8-5-2/h7-13,17,25H,6,14-16H2,1-5H3;6-7,9-10H,4-5,8H2,1-3H3/b13-8+,20-7-,23-19-,26-18+;7-6+,11-10+,12-9+. The number of nitrogens with one attached hydrogen (secondary N) is 1. The maximum absolute atomic E-state index is 14.6. The molecule has 1 aliphatic rings. The first-order valence-corrected chi connectivity index (χ1v) is 15.3. The van der Waals surface area contributed by atoms with Crippen molar-refractivity contribution in [3.8, 4) is 0 Å². The van der Waals surface area contributed by atoms with Crippen LogP contribution in [0.2, 0.25) is 0 Å². The van der Waals surface area contributed by atoms with Gasteiger partial charge < -0.3 is 10.2 Å². The molecule has 2 rings (SSSR count). The van der Waals surface area contributed by atoms with E-state index < -0.39 is 11.7 Å². The number of piperazine rings is 1. The molecule has 1 heterocycles. The van der Waals surface area contributed by atoms with E-state index >= 15 is 0 Å². The first-order chi connectivity index (χ1) is 20.4. The molecular formula is C36H51F4N3. The van der Waals surface area contributed by atoms with E-state index in [1.54, 1.807) is 19.1 Å². The first kappa shape index (κ1) is 37.8. The molecule has 1 unspecified atom stereocenters. The Hall–Kier alpha value is -3.19. The third-order valence-electron chi connectivity index (χ3n) is 6.92. The average molecular weight is 602 g/mol. The molecule has 0 bridgehead atoms. The van der Waals surface area contributed by atoms with Crippen LogP contribution in [0.3, 0.4) is 0 Å². The Morgan fingerprint density at radius 1 is 1.07 bits per heavy atom. The number of aliphatic imine (C=N–C) groups is 1. The molecule has 238 valence electrons. The molecule has 0 radical (unpaired) electrons. The zero-order valence-electron chi connectivity index (χ0n) is 27.3. The summed E-state index contributed by atoms with van der Waals surface area (Å²) >= 11 is 0. The molecule has 1 aliphatic heterocycles. The summed E-state index contributed by atoms with van der Waals surface area (Å²) < 4.78 is 52.4. The maximum Gasteiger partial charge on any atom is 0.416 e. The molecular weight excluding hydrogens is 550 g/mol. The lowest BCUT2D eigenvalue weighted by Gasteiger charge is -2.36. The number of rotatable bonds is 11. The van der Waals surface area contributed by atoms with Gasteiger partial charge in [0.25, 0.3) is 0 Å². The number of benzene rings is 1. The van der Waals surface area contributed by atoms with Gasteiger partial charge in [-0.05, 0) is 65.5 Å². The van der Waals surface area contributed by atoms with Gasteiger partial charge in [-0.15, -0.1) is 0 Å². The second kappa shape index (κ2) is 19.9. The summed E-state index contributed by atoms with van der Waals surface area (Å²) in [6.07, 6.45) is 10.3. The molecule has 0 aliphatic carbocycles. The van der Waals surface area contributed by atoms with Crippen molar-refractivity contribution in [2.75, 3.05) is 19.6 Å². The number of allylic oxidation sites excluding steroid dienone is 11. The fourth-order valence-electron chi connectivity index (χ4n) is 4.76. The molecule has 3 nitrogen and oxygen atoms in total. The summed E-state index contributed by atoms with van der Waals surface area (Å²) in [5.41, 5.74) is 4.75. The second-order valence-corrected chi connectivity index (χ2v) is 10.6. The molecule has 1 atom stereocenters. The van der Waals surface area contributed by atoms with Crippen LogP contribution in [0.4, 0.5) is 17.6 Å². The average Bonchev–Trinajstić information content (AvgIpc) is 2.95. The van der Waals surface area contributed by atoms with Crippen molar-refractivity contribution in [1.29, 1.82) is 0 Å². The van der Waals surface area contributed by atoms with Gasteiger partial charge in [-0.3, -0.25) is 4.99 Å². The lowest BCUT2D eigenvalue weighted by molar-refractivity contribution is -0.0882. The number of alkyl halides is 3. The van der Waals surface area contributed by atoms with Crippen molar-refractivity contribution in [1.82, 2.24) is 10.2 Å². The molecule has 7 heteroatoms. The highest BCUT2D eigenvalue weighted by Crippen LogP contribution is 2.31. The molecule has 1 aromatic rings. The van der Waals surface area contributed by atoms with Gasteiger partial charge in [0.1, 0.15) is 5.82 Å². The van der Waals surface area contributed by atoms with E-state index in [4.69, 9.17) is 0 Å². The number of nitrogens with zero attached hydrogens (tertiary/aromatic N) is 2. The Morgan fingerprint density at radius 3 is 2.30 bits per heavy atom. The smallest absolute Gasteiger partial charge is 0.372 e. The van der Waals surface area contributed by atoms with Crippen molar-refractivity contribution >= 4 is 11.3 Å². The SMILES string of the molecule is CC/C=C/C=C(\C=C(/C)CCC)C(F)(F)F.C\C=C(C(/C(C)=N/C=C/CC)=C(/C)N1CCNC(C)C1)\c1ccccc1F. The summed E-state index contributed by atoms with van der Waals surface area (Å²) in [5.74, 6) is -0.207. The molecule has 43 heavy (non-hydrogen) atoms. The van der Waals surface area contributed by atoms with Crippen LogP contribution in [0.5, 0.6) is 0 Å². The van der Waals surface area contributed by atoms with Crippen molar-refractivity contribution < 1.29 is 17.6 Å². The minimum Gasteiger partial charge on any atom is -0.372 e. The summed E-state index contributed by atoms with van der Waals surface area (Å²) in [6.45, 7) is 18.8. The number of hydrogen-bond acceptors (Lipinski definition) is 3. The van der Waals surface area contributed by atoms with Gasteiger partial charge in [0.15, 0.2) is 0 Å². The van der Waals surface area contributed by atoms with E-state index in [1.807, 2.05) is 58.2 Å². The normalized spacial score (nSPS) is 18.2. The van der Waals surface area contributed by atoms with Crippen LogP contribution in [0, 0.1) is 5.82 Å². The Kier molecular flexibility index (Phi) is 17.5. The van der Waals surface area contributed by atoms with Gasteiger partial charge in [-0.25, -0.2) is 4.39 Å². The summed E-state index contributed by atoms with van der Waals surface area (Å²) in [5, 5.41) is 3.48. The van der Waals surface area contributed by atoms with Crippen molar-refractivity contribution in [3.05, 3.63) is 101 Å². The van der Waals surface area contributed by atoms with Crippen LogP contribution < -0.4 is 5.32 Å². The minimum absolute atomic E-state index is 0.207. The van der Waals surface area contributed by atoms with Crippen molar-refractivity contribution in [3.63, 3.8) is 0 Å². The van der Waals surface area contributed by atoms with Gasteiger partial charge in [-0.2, -0.15) is 13.2 Å². The largest absolute Gasteiger partial charge is 0.416 e. The Bertz CT molecular complexity index is 1210. The topological polar surface area (TPSA) is 27.6 Å². The lowest BCUT2D eigenvalue weighted by Crippen LogP contribution is -2.48. The molecule has 1 N–H and O–H groups in total. The molecule has 1 saturated heterocycles. The third-order valence-corrected chi connectivity index (χ3v) is 6.92. The van der Waals surface area contributed by atoms with Crippen molar-refractivity contribution in [2.45, 2.75) is 93.3 Å². The quantitative estimate of drug-likeness (QED) is 0.155. The highest BCUT2D eigenvalue weighted by atomic mass is 19.4. The lowest BCUT2D eigenvalue weighted by atomic mass is 9.92. The molecule has 1 fully saturated rings. The fourth-order valence-corrected chi connectivity index (χ4v) is 4.76. The van der Waals surface area contributed by atoms with Crippen molar-refractivity contribution in [2.24, 2.45) is 4.99 Å². The molecule has 0 aromatic heterocycles.